The molecule has 0 aliphatic heterocycles. The smallest absolute Gasteiger partial charge is 0.192 e. The average Bonchev–Trinajstić information content (AvgIpc) is 3.27. The van der Waals surface area contributed by atoms with Gasteiger partial charge in [-0.05, 0) is 34.4 Å². The van der Waals surface area contributed by atoms with Gasteiger partial charge in [0.2, 0.25) is 0 Å². The van der Waals surface area contributed by atoms with Crippen LogP contribution in [0, 0.1) is 0 Å². The summed E-state index contributed by atoms with van der Waals surface area (Å²) in [5, 5.41) is 10.1. The third-order valence-corrected chi connectivity index (χ3v) is 6.47. The molecule has 0 fully saturated rings. The van der Waals surface area contributed by atoms with Gasteiger partial charge in [-0.2, -0.15) is 0 Å². The number of fused-ring (bicyclic) bond motifs is 3. The van der Waals surface area contributed by atoms with E-state index in [9.17, 15) is 0 Å². The van der Waals surface area contributed by atoms with Gasteiger partial charge in [0.1, 0.15) is 5.75 Å². The molecule has 0 spiro atoms. The van der Waals surface area contributed by atoms with Gasteiger partial charge in [0, 0.05) is 12.6 Å². The highest BCUT2D eigenvalue weighted by atomic mass is 32.2. The van der Waals surface area contributed by atoms with Crippen LogP contribution in [-0.2, 0) is 7.05 Å². The minimum atomic E-state index is 0.216. The Bertz CT molecular complexity index is 1120. The van der Waals surface area contributed by atoms with E-state index < -0.39 is 0 Å². The predicted molar refractivity (Wildman–Crippen MR) is 113 cm³/mol. The zero-order chi connectivity index (χ0) is 19.1. The highest BCUT2D eigenvalue weighted by Gasteiger charge is 2.30. The molecule has 4 nitrogen and oxygen atoms in total. The second kappa shape index (κ2) is 6.84. The Morgan fingerprint density at radius 3 is 2.21 bits per heavy atom. The van der Waals surface area contributed by atoms with Crippen LogP contribution in [-0.4, -0.2) is 21.9 Å². The zero-order valence-corrected chi connectivity index (χ0v) is 16.5. The first-order valence-electron chi connectivity index (χ1n) is 9.15. The number of thioether (sulfide) groups is 1. The molecule has 0 unspecified atom stereocenters. The maximum atomic E-state index is 5.35. The van der Waals surface area contributed by atoms with E-state index >= 15 is 0 Å². The average molecular weight is 385 g/mol. The van der Waals surface area contributed by atoms with Crippen LogP contribution in [0.2, 0.25) is 0 Å². The van der Waals surface area contributed by atoms with Crippen molar-refractivity contribution < 1.29 is 4.74 Å². The molecule has 1 aromatic heterocycles. The van der Waals surface area contributed by atoms with E-state index in [0.717, 1.165) is 22.3 Å². The summed E-state index contributed by atoms with van der Waals surface area (Å²) in [6.45, 7) is 0. The molecule has 0 radical (unpaired) electrons. The van der Waals surface area contributed by atoms with Crippen LogP contribution in [0.1, 0.15) is 16.4 Å². The minimum absolute atomic E-state index is 0.216. The summed E-state index contributed by atoms with van der Waals surface area (Å²) in [6.07, 6.45) is 0. The molecule has 3 aromatic carbocycles. The van der Waals surface area contributed by atoms with E-state index in [-0.39, 0.29) is 5.25 Å². The molecule has 1 aliphatic carbocycles. The summed E-state index contributed by atoms with van der Waals surface area (Å²) in [6, 6.07) is 25.2. The van der Waals surface area contributed by atoms with Gasteiger partial charge in [-0.15, -0.1) is 10.2 Å². The fourth-order valence-corrected chi connectivity index (χ4v) is 4.98. The van der Waals surface area contributed by atoms with Gasteiger partial charge in [0.05, 0.1) is 12.4 Å². The first-order chi connectivity index (χ1) is 13.8. The number of rotatable bonds is 4. The van der Waals surface area contributed by atoms with Gasteiger partial charge < -0.3 is 9.30 Å². The van der Waals surface area contributed by atoms with Crippen LogP contribution in [0.5, 0.6) is 5.75 Å². The van der Waals surface area contributed by atoms with E-state index in [1.165, 1.54) is 22.3 Å². The fraction of sp³-hybridized carbons (Fsp3) is 0.130. The summed E-state index contributed by atoms with van der Waals surface area (Å²) in [5.41, 5.74) is 6.28. The predicted octanol–water partition coefficient (Wildman–Crippen LogP) is 5.35. The van der Waals surface area contributed by atoms with Gasteiger partial charge in [-0.3, -0.25) is 0 Å². The van der Waals surface area contributed by atoms with Crippen molar-refractivity contribution in [2.24, 2.45) is 7.05 Å². The zero-order valence-electron chi connectivity index (χ0n) is 15.7. The first-order valence-corrected chi connectivity index (χ1v) is 10.0. The molecular weight excluding hydrogens is 366 g/mol. The number of methoxy groups -OCH3 is 1. The summed E-state index contributed by atoms with van der Waals surface area (Å²) in [4.78, 5) is 0. The van der Waals surface area contributed by atoms with Crippen LogP contribution < -0.4 is 4.74 Å². The molecule has 28 heavy (non-hydrogen) atoms. The monoisotopic (exact) mass is 385 g/mol. The molecule has 4 aromatic rings. The highest BCUT2D eigenvalue weighted by Crippen LogP contribution is 2.51. The standard InChI is InChI=1S/C23H19N3OS/c1-26-22(15-8-7-9-16(14-15)27-2)24-25-23(26)28-21-19-12-5-3-10-17(19)18-11-4-6-13-20(18)21/h3-14,21H,1-2H3. The number of hydrogen-bond donors (Lipinski definition) is 0. The third kappa shape index (κ3) is 2.70. The Hall–Kier alpha value is -3.05. The van der Waals surface area contributed by atoms with Crippen molar-refractivity contribution in [2.75, 3.05) is 7.11 Å². The molecule has 1 aliphatic rings. The van der Waals surface area contributed by atoms with Gasteiger partial charge in [-0.25, -0.2) is 0 Å². The van der Waals surface area contributed by atoms with Crippen LogP contribution in [0.15, 0.2) is 78.0 Å². The second-order valence-corrected chi connectivity index (χ2v) is 7.84. The van der Waals surface area contributed by atoms with Gasteiger partial charge in [0.25, 0.3) is 0 Å². The SMILES string of the molecule is COc1cccc(-c2nnc(SC3c4ccccc4-c4ccccc43)n2C)c1. The van der Waals surface area contributed by atoms with Crippen molar-refractivity contribution in [3.05, 3.63) is 83.9 Å². The van der Waals surface area contributed by atoms with E-state index in [1.54, 1.807) is 18.9 Å². The summed E-state index contributed by atoms with van der Waals surface area (Å²) >= 11 is 1.75. The van der Waals surface area contributed by atoms with Crippen molar-refractivity contribution in [3.63, 3.8) is 0 Å². The van der Waals surface area contributed by atoms with Crippen LogP contribution in [0.25, 0.3) is 22.5 Å². The number of hydrogen-bond acceptors (Lipinski definition) is 4. The van der Waals surface area contributed by atoms with Crippen molar-refractivity contribution >= 4 is 11.8 Å². The molecule has 0 atom stereocenters. The van der Waals surface area contributed by atoms with Crippen LogP contribution in [0.4, 0.5) is 0 Å². The lowest BCUT2D eigenvalue weighted by molar-refractivity contribution is 0.415. The molecule has 5 rings (SSSR count). The fourth-order valence-electron chi connectivity index (χ4n) is 3.77. The summed E-state index contributed by atoms with van der Waals surface area (Å²) in [5.74, 6) is 1.65. The number of benzene rings is 3. The molecule has 0 bridgehead atoms. The van der Waals surface area contributed by atoms with Crippen LogP contribution in [0.3, 0.4) is 0 Å². The molecule has 0 saturated heterocycles. The molecule has 5 heteroatoms. The summed E-state index contributed by atoms with van der Waals surface area (Å²) in [7, 11) is 3.69. The van der Waals surface area contributed by atoms with E-state index in [2.05, 4.69) is 63.3 Å². The lowest BCUT2D eigenvalue weighted by atomic mass is 10.1. The van der Waals surface area contributed by atoms with Crippen molar-refractivity contribution in [3.8, 4) is 28.3 Å². The van der Waals surface area contributed by atoms with Gasteiger partial charge >= 0.3 is 0 Å². The van der Waals surface area contributed by atoms with Crippen molar-refractivity contribution in [2.45, 2.75) is 10.4 Å². The van der Waals surface area contributed by atoms with E-state index in [1.807, 2.05) is 31.3 Å². The minimum Gasteiger partial charge on any atom is -0.497 e. The lowest BCUT2D eigenvalue weighted by Gasteiger charge is -2.13. The Morgan fingerprint density at radius 2 is 1.54 bits per heavy atom. The maximum Gasteiger partial charge on any atom is 0.192 e. The first kappa shape index (κ1) is 17.1. The van der Waals surface area contributed by atoms with Crippen LogP contribution >= 0.6 is 11.8 Å². The van der Waals surface area contributed by atoms with Gasteiger partial charge in [-0.1, -0.05) is 72.4 Å². The lowest BCUT2D eigenvalue weighted by Crippen LogP contribution is -1.98. The van der Waals surface area contributed by atoms with Crippen molar-refractivity contribution in [1.82, 2.24) is 14.8 Å². The highest BCUT2D eigenvalue weighted by molar-refractivity contribution is 7.99. The summed E-state index contributed by atoms with van der Waals surface area (Å²) < 4.78 is 7.40. The molecule has 1 heterocycles. The topological polar surface area (TPSA) is 39.9 Å². The van der Waals surface area contributed by atoms with Gasteiger partial charge in [0.15, 0.2) is 11.0 Å². The van der Waals surface area contributed by atoms with E-state index in [4.69, 9.17) is 4.74 Å². The molecule has 0 saturated carbocycles. The number of nitrogens with zero attached hydrogens (tertiary/aromatic N) is 3. The number of ether oxygens (including phenoxy) is 1. The molecule has 138 valence electrons. The molecule has 0 N–H and O–H groups in total. The third-order valence-electron chi connectivity index (χ3n) is 5.16. The number of aromatic nitrogens is 3. The second-order valence-electron chi connectivity index (χ2n) is 6.77. The van der Waals surface area contributed by atoms with Crippen molar-refractivity contribution in [1.29, 1.82) is 0 Å². The Morgan fingerprint density at radius 1 is 0.857 bits per heavy atom. The Labute approximate surface area is 168 Å². The Kier molecular flexibility index (Phi) is 4.17. The van der Waals surface area contributed by atoms with E-state index in [0.29, 0.717) is 0 Å². The maximum absolute atomic E-state index is 5.35. The molecule has 0 amide bonds. The normalized spacial score (nSPS) is 12.6. The quantitative estimate of drug-likeness (QED) is 0.475. The Balaban J connectivity index is 1.53. The molecular formula is C23H19N3OS. The largest absolute Gasteiger partial charge is 0.497 e.